The maximum absolute atomic E-state index is 11.8. The lowest BCUT2D eigenvalue weighted by molar-refractivity contribution is -0.118. The zero-order valence-electron chi connectivity index (χ0n) is 11.4. The number of methoxy groups -OCH3 is 1. The predicted octanol–water partition coefficient (Wildman–Crippen LogP) is 0.961. The van der Waals surface area contributed by atoms with Crippen molar-refractivity contribution in [2.45, 2.75) is 25.9 Å². The summed E-state index contributed by atoms with van der Waals surface area (Å²) in [6.07, 6.45) is 4.72. The predicted molar refractivity (Wildman–Crippen MR) is 71.0 cm³/mol. The molecule has 0 saturated carbocycles. The summed E-state index contributed by atoms with van der Waals surface area (Å²) in [5.74, 6) is -0.343. The van der Waals surface area contributed by atoms with Gasteiger partial charge in [-0.25, -0.2) is 0 Å². The van der Waals surface area contributed by atoms with Gasteiger partial charge in [0.1, 0.15) is 5.54 Å². The summed E-state index contributed by atoms with van der Waals surface area (Å²) in [4.78, 5) is 11.8. The van der Waals surface area contributed by atoms with E-state index in [1.165, 1.54) is 13.2 Å². The van der Waals surface area contributed by atoms with Crippen LogP contribution >= 0.6 is 0 Å². The van der Waals surface area contributed by atoms with Gasteiger partial charge in [-0.3, -0.25) is 9.48 Å². The second-order valence-corrected chi connectivity index (χ2v) is 4.27. The van der Waals surface area contributed by atoms with E-state index in [0.717, 1.165) is 12.2 Å². The third-order valence-corrected chi connectivity index (χ3v) is 2.53. The van der Waals surface area contributed by atoms with E-state index in [9.17, 15) is 4.79 Å². The summed E-state index contributed by atoms with van der Waals surface area (Å²) < 4.78 is 6.68. The maximum atomic E-state index is 11.8. The monoisotopic (exact) mass is 262 g/mol. The standard InChI is InChI=1S/C13H18N4O2/c1-4-17-11(7-8-15-17)5-6-12(18)16-13(2,9-14)10-19-3/h5-8H,4,10H2,1-3H3,(H,16,18). The first-order valence-electron chi connectivity index (χ1n) is 5.97. The van der Waals surface area contributed by atoms with Crippen molar-refractivity contribution < 1.29 is 9.53 Å². The number of hydrogen-bond acceptors (Lipinski definition) is 4. The molecule has 1 atom stereocenters. The molecule has 1 heterocycles. The van der Waals surface area contributed by atoms with Crippen LogP contribution in [0, 0.1) is 11.3 Å². The molecule has 1 aromatic rings. The highest BCUT2D eigenvalue weighted by Crippen LogP contribution is 2.04. The molecule has 6 heteroatoms. The van der Waals surface area contributed by atoms with Crippen LogP contribution in [0.3, 0.4) is 0 Å². The molecule has 0 fully saturated rings. The van der Waals surface area contributed by atoms with Crippen molar-refractivity contribution in [3.8, 4) is 6.07 Å². The molecule has 0 aliphatic rings. The molecule has 0 aliphatic heterocycles. The van der Waals surface area contributed by atoms with E-state index in [0.29, 0.717) is 0 Å². The molecule has 1 amide bonds. The number of aryl methyl sites for hydroxylation is 1. The number of nitrogens with zero attached hydrogens (tertiary/aromatic N) is 3. The normalized spacial score (nSPS) is 14.0. The van der Waals surface area contributed by atoms with Gasteiger partial charge in [0.05, 0.1) is 18.4 Å². The van der Waals surface area contributed by atoms with E-state index in [1.807, 2.05) is 19.1 Å². The molecule has 1 unspecified atom stereocenters. The van der Waals surface area contributed by atoms with Gasteiger partial charge in [-0.05, 0) is 26.0 Å². The van der Waals surface area contributed by atoms with Crippen LogP contribution in [-0.4, -0.2) is 34.9 Å². The van der Waals surface area contributed by atoms with E-state index in [4.69, 9.17) is 10.00 Å². The van der Waals surface area contributed by atoms with Gasteiger partial charge in [-0.1, -0.05) is 0 Å². The Hall–Kier alpha value is -2.13. The molecule has 1 aromatic heterocycles. The lowest BCUT2D eigenvalue weighted by Gasteiger charge is -2.20. The summed E-state index contributed by atoms with van der Waals surface area (Å²) in [6, 6.07) is 3.83. The number of amides is 1. The Morgan fingerprint density at radius 3 is 3.05 bits per heavy atom. The Kier molecular flexibility index (Phi) is 5.27. The highest BCUT2D eigenvalue weighted by molar-refractivity contribution is 5.92. The number of aromatic nitrogens is 2. The Morgan fingerprint density at radius 2 is 2.47 bits per heavy atom. The quantitative estimate of drug-likeness (QED) is 0.774. The largest absolute Gasteiger partial charge is 0.381 e. The topological polar surface area (TPSA) is 79.9 Å². The highest BCUT2D eigenvalue weighted by atomic mass is 16.5. The molecule has 19 heavy (non-hydrogen) atoms. The second-order valence-electron chi connectivity index (χ2n) is 4.27. The second kappa shape index (κ2) is 6.71. The third-order valence-electron chi connectivity index (χ3n) is 2.53. The summed E-state index contributed by atoms with van der Waals surface area (Å²) in [6.45, 7) is 4.44. The fourth-order valence-electron chi connectivity index (χ4n) is 1.61. The van der Waals surface area contributed by atoms with Crippen LogP contribution in [0.25, 0.3) is 6.08 Å². The minimum Gasteiger partial charge on any atom is -0.381 e. The number of carbonyl (C=O) groups is 1. The number of hydrogen-bond donors (Lipinski definition) is 1. The van der Waals surface area contributed by atoms with E-state index in [-0.39, 0.29) is 12.5 Å². The van der Waals surface area contributed by atoms with Crippen molar-refractivity contribution in [3.05, 3.63) is 24.0 Å². The Balaban J connectivity index is 2.68. The molecule has 102 valence electrons. The number of ether oxygens (including phenoxy) is 1. The fourth-order valence-corrected chi connectivity index (χ4v) is 1.61. The van der Waals surface area contributed by atoms with Gasteiger partial charge in [-0.2, -0.15) is 10.4 Å². The van der Waals surface area contributed by atoms with E-state index < -0.39 is 5.54 Å². The fraction of sp³-hybridized carbons (Fsp3) is 0.462. The molecule has 0 spiro atoms. The number of carbonyl (C=O) groups excluding carboxylic acids is 1. The molecule has 0 aliphatic carbocycles. The van der Waals surface area contributed by atoms with Gasteiger partial charge >= 0.3 is 0 Å². The van der Waals surface area contributed by atoms with Crippen molar-refractivity contribution in [2.24, 2.45) is 0 Å². The van der Waals surface area contributed by atoms with Gasteiger partial charge < -0.3 is 10.1 Å². The van der Waals surface area contributed by atoms with Crippen LogP contribution in [0.4, 0.5) is 0 Å². The molecular formula is C13H18N4O2. The van der Waals surface area contributed by atoms with Gasteiger partial charge in [-0.15, -0.1) is 0 Å². The van der Waals surface area contributed by atoms with Crippen LogP contribution in [0.2, 0.25) is 0 Å². The van der Waals surface area contributed by atoms with Crippen LogP contribution in [0.1, 0.15) is 19.5 Å². The zero-order chi connectivity index (χ0) is 14.3. The van der Waals surface area contributed by atoms with Crippen molar-refractivity contribution in [1.82, 2.24) is 15.1 Å². The first-order valence-corrected chi connectivity index (χ1v) is 5.97. The zero-order valence-corrected chi connectivity index (χ0v) is 11.4. The highest BCUT2D eigenvalue weighted by Gasteiger charge is 2.24. The molecule has 1 N–H and O–H groups in total. The first-order chi connectivity index (χ1) is 9.04. The summed E-state index contributed by atoms with van der Waals surface area (Å²) >= 11 is 0. The van der Waals surface area contributed by atoms with E-state index >= 15 is 0 Å². The summed E-state index contributed by atoms with van der Waals surface area (Å²) in [5, 5.41) is 15.7. The molecule has 1 rings (SSSR count). The van der Waals surface area contributed by atoms with Crippen molar-refractivity contribution >= 4 is 12.0 Å². The van der Waals surface area contributed by atoms with Crippen LogP contribution < -0.4 is 5.32 Å². The summed E-state index contributed by atoms with van der Waals surface area (Å²) in [5.41, 5.74) is -0.190. The number of rotatable bonds is 6. The van der Waals surface area contributed by atoms with Crippen molar-refractivity contribution in [3.63, 3.8) is 0 Å². The minimum absolute atomic E-state index is 0.135. The third kappa shape index (κ3) is 4.23. The molecular weight excluding hydrogens is 244 g/mol. The summed E-state index contributed by atoms with van der Waals surface area (Å²) in [7, 11) is 1.48. The van der Waals surface area contributed by atoms with E-state index in [1.54, 1.807) is 23.9 Å². The lowest BCUT2D eigenvalue weighted by atomic mass is 10.1. The number of nitriles is 1. The van der Waals surface area contributed by atoms with Crippen LogP contribution in [0.15, 0.2) is 18.3 Å². The Morgan fingerprint density at radius 1 is 1.74 bits per heavy atom. The van der Waals surface area contributed by atoms with Crippen LogP contribution in [0.5, 0.6) is 0 Å². The molecule has 0 saturated heterocycles. The SMILES string of the molecule is CCn1nccc1C=CC(=O)NC(C)(C#N)COC. The minimum atomic E-state index is -1.03. The number of nitrogens with one attached hydrogen (secondary N) is 1. The average molecular weight is 262 g/mol. The molecule has 0 bridgehead atoms. The molecule has 0 radical (unpaired) electrons. The first kappa shape index (κ1) is 14.9. The van der Waals surface area contributed by atoms with Gasteiger partial charge in [0.2, 0.25) is 5.91 Å². The van der Waals surface area contributed by atoms with Crippen molar-refractivity contribution in [1.29, 1.82) is 5.26 Å². The smallest absolute Gasteiger partial charge is 0.245 e. The maximum Gasteiger partial charge on any atom is 0.245 e. The lowest BCUT2D eigenvalue weighted by Crippen LogP contribution is -2.47. The Labute approximate surface area is 112 Å². The van der Waals surface area contributed by atoms with Gasteiger partial charge in [0, 0.05) is 25.9 Å². The average Bonchev–Trinajstić information content (AvgIpc) is 2.84. The van der Waals surface area contributed by atoms with Crippen molar-refractivity contribution in [2.75, 3.05) is 13.7 Å². The van der Waals surface area contributed by atoms with E-state index in [2.05, 4.69) is 10.4 Å². The molecule has 0 aromatic carbocycles. The molecule has 6 nitrogen and oxygen atoms in total. The van der Waals surface area contributed by atoms with Crippen LogP contribution in [-0.2, 0) is 16.1 Å². The van der Waals surface area contributed by atoms with Gasteiger partial charge in [0.15, 0.2) is 0 Å². The van der Waals surface area contributed by atoms with Gasteiger partial charge in [0.25, 0.3) is 0 Å². The Bertz CT molecular complexity index is 501.